The highest BCUT2D eigenvalue weighted by molar-refractivity contribution is 5.93. The molecule has 0 aliphatic carbocycles. The Balaban J connectivity index is 1.52. The summed E-state index contributed by atoms with van der Waals surface area (Å²) < 4.78 is 18.6. The number of nitrogens with one attached hydrogen (secondary N) is 1. The van der Waals surface area contributed by atoms with Crippen molar-refractivity contribution >= 4 is 23.5 Å². The van der Waals surface area contributed by atoms with Crippen molar-refractivity contribution < 1.29 is 23.5 Å². The van der Waals surface area contributed by atoms with Gasteiger partial charge in [0.2, 0.25) is 5.91 Å². The third-order valence-electron chi connectivity index (χ3n) is 4.73. The first kappa shape index (κ1) is 19.5. The van der Waals surface area contributed by atoms with Crippen LogP contribution in [0.2, 0.25) is 0 Å². The number of likely N-dealkylation sites (tertiary alicyclic amines) is 1. The molecule has 0 aromatic heterocycles. The number of para-hydroxylation sites is 1. The molecule has 2 aromatic carbocycles. The predicted octanol–water partition coefficient (Wildman–Crippen LogP) is 2.92. The molecule has 1 N–H and O–H groups in total. The second-order valence-electron chi connectivity index (χ2n) is 6.67. The average Bonchev–Trinajstić information content (AvgIpc) is 3.10. The van der Waals surface area contributed by atoms with Crippen molar-refractivity contribution in [1.82, 2.24) is 4.90 Å². The highest BCUT2D eigenvalue weighted by atomic mass is 19.1. The van der Waals surface area contributed by atoms with Crippen molar-refractivity contribution in [2.45, 2.75) is 19.4 Å². The molecule has 146 valence electrons. The van der Waals surface area contributed by atoms with Crippen molar-refractivity contribution in [2.75, 3.05) is 18.5 Å². The number of amides is 2. The van der Waals surface area contributed by atoms with E-state index in [-0.39, 0.29) is 30.6 Å². The molecule has 6 nitrogen and oxygen atoms in total. The van der Waals surface area contributed by atoms with Gasteiger partial charge in [-0.15, -0.1) is 0 Å². The molecular formula is C21H21FN2O4. The number of nitrogens with zero attached hydrogens (tertiary/aromatic N) is 1. The van der Waals surface area contributed by atoms with Crippen LogP contribution in [0, 0.1) is 11.7 Å². The fraction of sp³-hybridized carbons (Fsp3) is 0.286. The number of carbonyl (C=O) groups is 3. The van der Waals surface area contributed by atoms with Gasteiger partial charge in [-0.25, -0.2) is 4.39 Å². The monoisotopic (exact) mass is 384 g/mol. The fourth-order valence-corrected chi connectivity index (χ4v) is 3.18. The van der Waals surface area contributed by atoms with Crippen LogP contribution in [0.3, 0.4) is 0 Å². The topological polar surface area (TPSA) is 75.7 Å². The molecule has 2 atom stereocenters. The van der Waals surface area contributed by atoms with Crippen LogP contribution in [0.4, 0.5) is 10.1 Å². The number of hydrogen-bond acceptors (Lipinski definition) is 4. The van der Waals surface area contributed by atoms with Gasteiger partial charge in [-0.05, 0) is 24.6 Å². The van der Waals surface area contributed by atoms with Crippen molar-refractivity contribution in [3.8, 4) is 0 Å². The second kappa shape index (κ2) is 8.65. The first-order valence-corrected chi connectivity index (χ1v) is 9.01. The van der Waals surface area contributed by atoms with Gasteiger partial charge in [0.25, 0.3) is 5.91 Å². The van der Waals surface area contributed by atoms with E-state index in [1.165, 1.54) is 18.2 Å². The maximum atomic E-state index is 13.5. The molecule has 3 rings (SSSR count). The molecule has 0 saturated carbocycles. The van der Waals surface area contributed by atoms with Gasteiger partial charge in [0, 0.05) is 13.0 Å². The number of carbonyl (C=O) groups excluding carboxylic acids is 3. The molecule has 28 heavy (non-hydrogen) atoms. The highest BCUT2D eigenvalue weighted by Gasteiger charge is 2.38. The second-order valence-corrected chi connectivity index (χ2v) is 6.67. The maximum Gasteiger partial charge on any atom is 0.311 e. The molecule has 0 radical (unpaired) electrons. The van der Waals surface area contributed by atoms with E-state index in [4.69, 9.17) is 4.74 Å². The quantitative estimate of drug-likeness (QED) is 0.777. The first-order chi connectivity index (χ1) is 13.5. The molecule has 2 aromatic rings. The van der Waals surface area contributed by atoms with E-state index in [0.717, 1.165) is 5.56 Å². The smallest absolute Gasteiger partial charge is 0.311 e. The fourth-order valence-electron chi connectivity index (χ4n) is 3.18. The molecule has 1 aliphatic rings. The maximum absolute atomic E-state index is 13.5. The van der Waals surface area contributed by atoms with Crippen molar-refractivity contribution in [1.29, 1.82) is 0 Å². The van der Waals surface area contributed by atoms with Gasteiger partial charge >= 0.3 is 5.97 Å². The Bertz CT molecular complexity index is 872. The van der Waals surface area contributed by atoms with Crippen LogP contribution in [0.5, 0.6) is 0 Å². The molecule has 1 saturated heterocycles. The molecule has 1 aliphatic heterocycles. The van der Waals surface area contributed by atoms with Crippen molar-refractivity contribution in [3.63, 3.8) is 0 Å². The van der Waals surface area contributed by atoms with Gasteiger partial charge < -0.3 is 15.0 Å². The molecule has 0 spiro atoms. The molecule has 0 unspecified atom stereocenters. The zero-order valence-electron chi connectivity index (χ0n) is 15.4. The Morgan fingerprint density at radius 3 is 2.57 bits per heavy atom. The summed E-state index contributed by atoms with van der Waals surface area (Å²) in [4.78, 5) is 38.1. The van der Waals surface area contributed by atoms with E-state index in [9.17, 15) is 18.8 Å². The Morgan fingerprint density at radius 1 is 1.18 bits per heavy atom. The van der Waals surface area contributed by atoms with Gasteiger partial charge in [-0.3, -0.25) is 14.4 Å². The summed E-state index contributed by atoms with van der Waals surface area (Å²) in [7, 11) is 0. The third-order valence-corrected chi connectivity index (χ3v) is 4.73. The summed E-state index contributed by atoms with van der Waals surface area (Å²) in [5.41, 5.74) is 0.997. The summed E-state index contributed by atoms with van der Waals surface area (Å²) in [6.45, 7) is 1.61. The molecule has 0 bridgehead atoms. The van der Waals surface area contributed by atoms with Gasteiger partial charge in [0.1, 0.15) is 5.82 Å². The van der Waals surface area contributed by atoms with E-state index >= 15 is 0 Å². The molecule has 1 fully saturated rings. The summed E-state index contributed by atoms with van der Waals surface area (Å²) >= 11 is 0. The molecule has 2 amide bonds. The Labute approximate surface area is 162 Å². The zero-order chi connectivity index (χ0) is 20.1. The van der Waals surface area contributed by atoms with Crippen LogP contribution < -0.4 is 5.32 Å². The van der Waals surface area contributed by atoms with Crippen LogP contribution in [-0.4, -0.2) is 35.8 Å². The van der Waals surface area contributed by atoms with Gasteiger partial charge in [0.15, 0.2) is 6.61 Å². The van der Waals surface area contributed by atoms with Gasteiger partial charge in [-0.1, -0.05) is 42.5 Å². The normalized spacial score (nSPS) is 17.3. The molecule has 7 heteroatoms. The van der Waals surface area contributed by atoms with Crippen molar-refractivity contribution in [3.05, 3.63) is 66.0 Å². The molecule has 1 heterocycles. The van der Waals surface area contributed by atoms with E-state index < -0.39 is 30.2 Å². The van der Waals surface area contributed by atoms with E-state index in [1.54, 1.807) is 11.0 Å². The lowest BCUT2D eigenvalue weighted by molar-refractivity contribution is -0.151. The number of rotatable bonds is 6. The van der Waals surface area contributed by atoms with E-state index in [2.05, 4.69) is 5.32 Å². The number of anilines is 1. The van der Waals surface area contributed by atoms with Crippen LogP contribution in [0.25, 0.3) is 0 Å². The standard InChI is InChI=1S/C21H21FN2O4/c1-14(15-7-3-2-4-8-15)24-12-16(11-20(24)26)21(27)28-13-19(25)23-18-10-6-5-9-17(18)22/h2-10,14,16H,11-13H2,1H3,(H,23,25)/t14-,16-/m1/s1. The van der Waals surface area contributed by atoms with Crippen LogP contribution in [0.15, 0.2) is 54.6 Å². The largest absolute Gasteiger partial charge is 0.455 e. The first-order valence-electron chi connectivity index (χ1n) is 9.01. The summed E-state index contributed by atoms with van der Waals surface area (Å²) in [6, 6.07) is 15.1. The number of ether oxygens (including phenoxy) is 1. The third kappa shape index (κ3) is 4.54. The number of esters is 1. The van der Waals surface area contributed by atoms with Crippen molar-refractivity contribution in [2.24, 2.45) is 5.92 Å². The predicted molar refractivity (Wildman–Crippen MR) is 101 cm³/mol. The number of halogens is 1. The Hall–Kier alpha value is -3.22. The average molecular weight is 384 g/mol. The number of hydrogen-bond donors (Lipinski definition) is 1. The summed E-state index contributed by atoms with van der Waals surface area (Å²) in [5, 5.41) is 2.34. The highest BCUT2D eigenvalue weighted by Crippen LogP contribution is 2.29. The summed E-state index contributed by atoms with van der Waals surface area (Å²) in [5.74, 6) is -2.58. The van der Waals surface area contributed by atoms with E-state index in [0.29, 0.717) is 0 Å². The Kier molecular flexibility index (Phi) is 6.03. The lowest BCUT2D eigenvalue weighted by Gasteiger charge is -2.25. The van der Waals surface area contributed by atoms with Crippen LogP contribution in [0.1, 0.15) is 24.9 Å². The minimum atomic E-state index is -0.641. The number of benzene rings is 2. The van der Waals surface area contributed by atoms with Gasteiger partial charge in [0.05, 0.1) is 17.6 Å². The zero-order valence-corrected chi connectivity index (χ0v) is 15.4. The van der Waals surface area contributed by atoms with Crippen LogP contribution in [-0.2, 0) is 19.1 Å². The Morgan fingerprint density at radius 2 is 1.86 bits per heavy atom. The van der Waals surface area contributed by atoms with Gasteiger partial charge in [-0.2, -0.15) is 0 Å². The summed E-state index contributed by atoms with van der Waals surface area (Å²) in [6.07, 6.45) is 0.0466. The molecular weight excluding hydrogens is 363 g/mol. The van der Waals surface area contributed by atoms with E-state index in [1.807, 2.05) is 37.3 Å². The van der Waals surface area contributed by atoms with Crippen LogP contribution >= 0.6 is 0 Å². The lowest BCUT2D eigenvalue weighted by Crippen LogP contribution is -2.30. The minimum absolute atomic E-state index is 0.0162. The SMILES string of the molecule is C[C@H](c1ccccc1)N1C[C@H](C(=O)OCC(=O)Nc2ccccc2F)CC1=O. The minimum Gasteiger partial charge on any atom is -0.455 e. The lowest BCUT2D eigenvalue weighted by atomic mass is 10.1.